The molecule has 1 aromatic carbocycles. The number of para-hydroxylation sites is 1. The quantitative estimate of drug-likeness (QED) is 0.608. The summed E-state index contributed by atoms with van der Waals surface area (Å²) in [6.45, 7) is 3.17. The van der Waals surface area contributed by atoms with Crippen LogP contribution < -0.4 is 4.90 Å². The number of carbonyl (C=O) groups excluding carboxylic acids is 3. The predicted molar refractivity (Wildman–Crippen MR) is 67.5 cm³/mol. The fraction of sp³-hybridized carbons (Fsp3) is 0.154. The molecule has 0 aliphatic carbocycles. The topological polar surface area (TPSA) is 54.5 Å². The summed E-state index contributed by atoms with van der Waals surface area (Å²) >= 11 is 5.45. The van der Waals surface area contributed by atoms with E-state index in [4.69, 9.17) is 11.6 Å². The molecule has 0 unspecified atom stereocenters. The van der Waals surface area contributed by atoms with Gasteiger partial charge in [-0.2, -0.15) is 0 Å². The Morgan fingerprint density at radius 3 is 2.06 bits per heavy atom. The lowest BCUT2D eigenvalue weighted by Crippen LogP contribution is -2.32. The van der Waals surface area contributed by atoms with Gasteiger partial charge >= 0.3 is 0 Å². The molecule has 0 N–H and O–H groups in total. The van der Waals surface area contributed by atoms with E-state index < -0.39 is 17.1 Å². The lowest BCUT2D eigenvalue weighted by atomic mass is 10.1. The fourth-order valence-corrected chi connectivity index (χ4v) is 1.96. The summed E-state index contributed by atoms with van der Waals surface area (Å²) in [7, 11) is 0. The zero-order chi connectivity index (χ0) is 13.4. The maximum absolute atomic E-state index is 12.0. The molecule has 0 atom stereocenters. The molecule has 1 aliphatic rings. The van der Waals surface area contributed by atoms with Crippen LogP contribution >= 0.6 is 11.6 Å². The Labute approximate surface area is 109 Å². The van der Waals surface area contributed by atoms with Gasteiger partial charge in [-0.1, -0.05) is 12.1 Å². The summed E-state index contributed by atoms with van der Waals surface area (Å²) in [6.07, 6.45) is 0. The lowest BCUT2D eigenvalue weighted by Gasteiger charge is -2.17. The van der Waals surface area contributed by atoms with Crippen LogP contribution in [0.1, 0.15) is 24.2 Å². The zero-order valence-electron chi connectivity index (χ0n) is 9.86. The number of amides is 2. The highest BCUT2D eigenvalue weighted by atomic mass is 35.5. The Morgan fingerprint density at radius 1 is 1.06 bits per heavy atom. The molecular weight excluding hydrogens is 254 g/mol. The van der Waals surface area contributed by atoms with Crippen molar-refractivity contribution < 1.29 is 14.4 Å². The molecule has 1 heterocycles. The summed E-state index contributed by atoms with van der Waals surface area (Å²) in [5.41, 5.74) is 1.14. The summed E-state index contributed by atoms with van der Waals surface area (Å²) in [6, 6.07) is 6.27. The predicted octanol–water partition coefficient (Wildman–Crippen LogP) is 2.28. The van der Waals surface area contributed by atoms with Gasteiger partial charge in [0.2, 0.25) is 0 Å². The van der Waals surface area contributed by atoms with Crippen molar-refractivity contribution in [3.63, 3.8) is 0 Å². The van der Waals surface area contributed by atoms with E-state index in [0.717, 1.165) is 4.90 Å². The van der Waals surface area contributed by atoms with Crippen LogP contribution in [0, 0.1) is 0 Å². The van der Waals surface area contributed by atoms with Gasteiger partial charge in [0.25, 0.3) is 17.1 Å². The van der Waals surface area contributed by atoms with Crippen molar-refractivity contribution in [1.29, 1.82) is 0 Å². The van der Waals surface area contributed by atoms with Crippen LogP contribution in [-0.2, 0) is 9.59 Å². The third kappa shape index (κ3) is 1.75. The van der Waals surface area contributed by atoms with Crippen molar-refractivity contribution >= 4 is 34.3 Å². The molecule has 0 fully saturated rings. The number of nitrogens with zero attached hydrogens (tertiary/aromatic N) is 1. The second-order valence-electron chi connectivity index (χ2n) is 3.99. The molecule has 0 saturated carbocycles. The minimum Gasteiger partial charge on any atom is -0.276 e. The maximum Gasteiger partial charge on any atom is 0.261 e. The highest BCUT2D eigenvalue weighted by molar-refractivity contribution is 6.68. The molecule has 5 heteroatoms. The van der Waals surface area contributed by atoms with Crippen LogP contribution in [0.5, 0.6) is 0 Å². The average Bonchev–Trinajstić information content (AvgIpc) is 2.54. The largest absolute Gasteiger partial charge is 0.276 e. The summed E-state index contributed by atoms with van der Waals surface area (Å²) in [5.74, 6) is -0.828. The van der Waals surface area contributed by atoms with Crippen molar-refractivity contribution in [2.45, 2.75) is 13.8 Å². The minimum absolute atomic E-state index is 0.142. The molecule has 1 aromatic rings. The van der Waals surface area contributed by atoms with E-state index >= 15 is 0 Å². The van der Waals surface area contributed by atoms with Crippen molar-refractivity contribution in [2.24, 2.45) is 0 Å². The van der Waals surface area contributed by atoms with Gasteiger partial charge in [-0.15, -0.1) is 0 Å². The summed E-state index contributed by atoms with van der Waals surface area (Å²) in [4.78, 5) is 36.3. The van der Waals surface area contributed by atoms with E-state index in [2.05, 4.69) is 0 Å². The third-order valence-corrected chi connectivity index (χ3v) is 3.17. The van der Waals surface area contributed by atoms with Gasteiger partial charge in [0.05, 0.1) is 11.3 Å². The van der Waals surface area contributed by atoms with Crippen LogP contribution in [-0.4, -0.2) is 17.1 Å². The molecule has 0 saturated heterocycles. The molecule has 4 nitrogen and oxygen atoms in total. The number of imide groups is 1. The van der Waals surface area contributed by atoms with Crippen molar-refractivity contribution in [1.82, 2.24) is 0 Å². The van der Waals surface area contributed by atoms with Crippen LogP contribution in [0.3, 0.4) is 0 Å². The second-order valence-corrected chi connectivity index (χ2v) is 4.33. The SMILES string of the molecule is CC1=C(C)C(=O)N(c2ccccc2C(=O)Cl)C1=O. The first-order valence-electron chi connectivity index (χ1n) is 5.30. The van der Waals surface area contributed by atoms with Crippen LogP contribution in [0.15, 0.2) is 35.4 Å². The Morgan fingerprint density at radius 2 is 1.56 bits per heavy atom. The first-order chi connectivity index (χ1) is 8.45. The highest BCUT2D eigenvalue weighted by Gasteiger charge is 2.36. The van der Waals surface area contributed by atoms with Crippen LogP contribution in [0.2, 0.25) is 0 Å². The van der Waals surface area contributed by atoms with E-state index in [1.807, 2.05) is 0 Å². The molecule has 2 rings (SSSR count). The molecule has 0 bridgehead atoms. The molecule has 0 aromatic heterocycles. The van der Waals surface area contributed by atoms with Gasteiger partial charge < -0.3 is 0 Å². The summed E-state index contributed by atoms with van der Waals surface area (Å²) in [5, 5.41) is -0.701. The number of benzene rings is 1. The smallest absolute Gasteiger partial charge is 0.261 e. The molecule has 1 aliphatic heterocycles. The normalized spacial score (nSPS) is 15.6. The van der Waals surface area contributed by atoms with E-state index in [1.165, 1.54) is 12.1 Å². The van der Waals surface area contributed by atoms with Gasteiger partial charge in [-0.25, -0.2) is 4.90 Å². The lowest BCUT2D eigenvalue weighted by molar-refractivity contribution is -0.120. The van der Waals surface area contributed by atoms with Crippen molar-refractivity contribution in [2.75, 3.05) is 4.90 Å². The molecule has 0 spiro atoms. The van der Waals surface area contributed by atoms with Crippen molar-refractivity contribution in [3.05, 3.63) is 41.0 Å². The monoisotopic (exact) mass is 263 g/mol. The average molecular weight is 264 g/mol. The first kappa shape index (κ1) is 12.5. The zero-order valence-corrected chi connectivity index (χ0v) is 10.6. The van der Waals surface area contributed by atoms with E-state index in [-0.39, 0.29) is 11.3 Å². The maximum atomic E-state index is 12.0. The third-order valence-electron chi connectivity index (χ3n) is 2.97. The number of hydrogen-bond acceptors (Lipinski definition) is 3. The Balaban J connectivity index is 2.56. The van der Waals surface area contributed by atoms with Gasteiger partial charge in [-0.05, 0) is 37.6 Å². The van der Waals surface area contributed by atoms with E-state index in [1.54, 1.807) is 26.0 Å². The van der Waals surface area contributed by atoms with Crippen molar-refractivity contribution in [3.8, 4) is 0 Å². The molecule has 2 amide bonds. The molecular formula is C13H10ClNO3. The fourth-order valence-electron chi connectivity index (χ4n) is 1.80. The van der Waals surface area contributed by atoms with Gasteiger partial charge in [0, 0.05) is 11.1 Å². The number of hydrogen-bond donors (Lipinski definition) is 0. The van der Waals surface area contributed by atoms with Crippen LogP contribution in [0.4, 0.5) is 5.69 Å². The Hall–Kier alpha value is -1.94. The molecule has 0 radical (unpaired) electrons. The van der Waals surface area contributed by atoms with E-state index in [9.17, 15) is 14.4 Å². The molecule has 92 valence electrons. The van der Waals surface area contributed by atoms with E-state index in [0.29, 0.717) is 11.1 Å². The second kappa shape index (κ2) is 4.38. The van der Waals surface area contributed by atoms with Gasteiger partial charge in [-0.3, -0.25) is 14.4 Å². The first-order valence-corrected chi connectivity index (χ1v) is 5.68. The minimum atomic E-state index is -0.701. The van der Waals surface area contributed by atoms with Crippen LogP contribution in [0.25, 0.3) is 0 Å². The number of anilines is 1. The standard InChI is InChI=1S/C13H10ClNO3/c1-7-8(2)13(18)15(12(7)17)10-6-4-3-5-9(10)11(14)16/h3-6H,1-2H3. The summed E-state index contributed by atoms with van der Waals surface area (Å²) < 4.78 is 0. The Kier molecular flexibility index (Phi) is 3.05. The number of rotatable bonds is 2. The number of halogens is 1. The molecule has 18 heavy (non-hydrogen) atoms. The Bertz CT molecular complexity index is 580. The van der Waals surface area contributed by atoms with Gasteiger partial charge in [0.1, 0.15) is 0 Å². The number of carbonyl (C=O) groups is 3. The van der Waals surface area contributed by atoms with Gasteiger partial charge in [0.15, 0.2) is 0 Å². The highest BCUT2D eigenvalue weighted by Crippen LogP contribution is 2.29.